The Morgan fingerprint density at radius 3 is 2.58 bits per heavy atom. The molecule has 19 heavy (non-hydrogen) atoms. The van der Waals surface area contributed by atoms with Gasteiger partial charge in [-0.2, -0.15) is 0 Å². The number of piperazine rings is 1. The lowest BCUT2D eigenvalue weighted by Crippen LogP contribution is -2.48. The Balaban J connectivity index is 2.20. The molecule has 0 bridgehead atoms. The van der Waals surface area contributed by atoms with Crippen LogP contribution in [-0.2, 0) is 0 Å². The van der Waals surface area contributed by atoms with Crippen LogP contribution in [0.2, 0.25) is 0 Å². The predicted octanol–water partition coefficient (Wildman–Crippen LogP) is 1.10. The molecule has 1 N–H and O–H groups in total. The second-order valence-electron chi connectivity index (χ2n) is 4.37. The number of nitrogens with zero attached hydrogens (tertiary/aromatic N) is 4. The van der Waals surface area contributed by atoms with Gasteiger partial charge in [0.15, 0.2) is 0 Å². The molecule has 0 aromatic carbocycles. The van der Waals surface area contributed by atoms with Gasteiger partial charge in [-0.3, -0.25) is 10.1 Å². The van der Waals surface area contributed by atoms with Gasteiger partial charge in [0.25, 0.3) is 0 Å². The zero-order chi connectivity index (χ0) is 14.0. The third kappa shape index (κ3) is 2.72. The van der Waals surface area contributed by atoms with Crippen LogP contribution in [0, 0.1) is 17.0 Å². The van der Waals surface area contributed by atoms with E-state index in [0.29, 0.717) is 32.0 Å². The Hall–Kier alpha value is -2.38. The van der Waals surface area contributed by atoms with Crippen LogP contribution in [0.1, 0.15) is 5.56 Å². The van der Waals surface area contributed by atoms with Crippen LogP contribution < -0.4 is 4.90 Å². The van der Waals surface area contributed by atoms with Gasteiger partial charge in [-0.25, -0.2) is 9.78 Å². The number of pyridine rings is 1. The quantitative estimate of drug-likeness (QED) is 0.635. The molecular weight excluding hydrogens is 252 g/mol. The second kappa shape index (κ2) is 5.09. The number of carbonyl (C=O) groups is 1. The molecule has 1 aliphatic heterocycles. The molecule has 0 saturated carbocycles. The van der Waals surface area contributed by atoms with Gasteiger partial charge in [-0.15, -0.1) is 0 Å². The first-order valence-corrected chi connectivity index (χ1v) is 5.83. The van der Waals surface area contributed by atoms with Gasteiger partial charge < -0.3 is 14.9 Å². The fourth-order valence-electron chi connectivity index (χ4n) is 2.03. The number of anilines is 1. The maximum absolute atomic E-state index is 11.0. The van der Waals surface area contributed by atoms with E-state index in [-0.39, 0.29) is 5.69 Å². The fraction of sp³-hybridized carbons (Fsp3) is 0.455. The van der Waals surface area contributed by atoms with E-state index in [1.807, 2.05) is 0 Å². The predicted molar refractivity (Wildman–Crippen MR) is 67.4 cm³/mol. The molecule has 1 saturated heterocycles. The van der Waals surface area contributed by atoms with Crippen molar-refractivity contribution in [2.75, 3.05) is 31.1 Å². The number of rotatable bonds is 2. The smallest absolute Gasteiger partial charge is 0.407 e. The summed E-state index contributed by atoms with van der Waals surface area (Å²) >= 11 is 0. The van der Waals surface area contributed by atoms with Crippen molar-refractivity contribution in [2.45, 2.75) is 6.92 Å². The first-order valence-electron chi connectivity index (χ1n) is 5.83. The van der Waals surface area contributed by atoms with E-state index in [1.54, 1.807) is 18.0 Å². The number of aromatic nitrogens is 1. The Bertz CT molecular complexity index is 511. The van der Waals surface area contributed by atoms with E-state index >= 15 is 0 Å². The van der Waals surface area contributed by atoms with Gasteiger partial charge >= 0.3 is 11.8 Å². The Labute approximate surface area is 109 Å². The number of hydrogen-bond acceptors (Lipinski definition) is 5. The van der Waals surface area contributed by atoms with E-state index in [2.05, 4.69) is 4.98 Å². The summed E-state index contributed by atoms with van der Waals surface area (Å²) in [6.45, 7) is 3.20. The topological polar surface area (TPSA) is 99.8 Å². The van der Waals surface area contributed by atoms with Gasteiger partial charge in [0, 0.05) is 38.4 Å². The van der Waals surface area contributed by atoms with Crippen molar-refractivity contribution in [2.24, 2.45) is 0 Å². The maximum Gasteiger partial charge on any atom is 0.407 e. The molecule has 1 aromatic heterocycles. The number of hydrogen-bond donors (Lipinski definition) is 1. The average Bonchev–Trinajstić information content (AvgIpc) is 2.38. The van der Waals surface area contributed by atoms with E-state index < -0.39 is 11.0 Å². The minimum Gasteiger partial charge on any atom is -0.465 e. The van der Waals surface area contributed by atoms with E-state index in [1.165, 1.54) is 11.0 Å². The molecule has 0 unspecified atom stereocenters. The summed E-state index contributed by atoms with van der Waals surface area (Å²) in [4.78, 5) is 28.5. The molecule has 0 radical (unpaired) electrons. The highest BCUT2D eigenvalue weighted by molar-refractivity contribution is 5.66. The lowest BCUT2D eigenvalue weighted by molar-refractivity contribution is -0.384. The van der Waals surface area contributed by atoms with Gasteiger partial charge in [-0.1, -0.05) is 0 Å². The molecule has 8 nitrogen and oxygen atoms in total. The fourth-order valence-corrected chi connectivity index (χ4v) is 2.03. The summed E-state index contributed by atoms with van der Waals surface area (Å²) in [5.74, 6) is 0.306. The third-order valence-electron chi connectivity index (χ3n) is 3.03. The highest BCUT2D eigenvalue weighted by atomic mass is 16.6. The molecule has 1 amide bonds. The van der Waals surface area contributed by atoms with Gasteiger partial charge in [-0.05, 0) is 12.5 Å². The van der Waals surface area contributed by atoms with Crippen molar-refractivity contribution in [3.8, 4) is 0 Å². The minimum atomic E-state index is -0.967. The summed E-state index contributed by atoms with van der Waals surface area (Å²) in [5.41, 5.74) is 0.684. The van der Waals surface area contributed by atoms with Crippen LogP contribution in [0.25, 0.3) is 0 Å². The van der Waals surface area contributed by atoms with Gasteiger partial charge in [0.1, 0.15) is 0 Å². The number of amides is 1. The first kappa shape index (κ1) is 13.1. The Kier molecular flexibility index (Phi) is 3.50. The normalized spacial score (nSPS) is 15.4. The molecule has 1 aromatic rings. The van der Waals surface area contributed by atoms with Crippen LogP contribution in [-0.4, -0.2) is 52.2 Å². The van der Waals surface area contributed by atoms with E-state index in [9.17, 15) is 14.9 Å². The summed E-state index contributed by atoms with van der Waals surface area (Å²) in [6, 6.07) is 1.48. The Morgan fingerprint density at radius 2 is 2.05 bits per heavy atom. The number of carboxylic acid groups (broad SMARTS) is 1. The van der Waals surface area contributed by atoms with Gasteiger partial charge in [0.05, 0.1) is 4.92 Å². The van der Waals surface area contributed by atoms with Crippen molar-refractivity contribution in [3.63, 3.8) is 0 Å². The summed E-state index contributed by atoms with van der Waals surface area (Å²) in [6.07, 6.45) is 0.609. The summed E-state index contributed by atoms with van der Waals surface area (Å²) in [5, 5.41) is 19.9. The van der Waals surface area contributed by atoms with Crippen molar-refractivity contribution in [3.05, 3.63) is 27.9 Å². The lowest BCUT2D eigenvalue weighted by atomic mass is 10.2. The standard InChI is InChI=1S/C11H14N4O4/c1-8-6-9(15(18)19)10(12-7-8)13-2-4-14(5-3-13)11(16)17/h6-7H,2-5H2,1H3,(H,16,17). The van der Waals surface area contributed by atoms with Crippen molar-refractivity contribution in [1.29, 1.82) is 0 Å². The molecule has 0 aliphatic carbocycles. The molecule has 1 fully saturated rings. The molecule has 0 spiro atoms. The number of nitro groups is 1. The van der Waals surface area contributed by atoms with E-state index in [0.717, 1.165) is 5.56 Å². The van der Waals surface area contributed by atoms with Crippen LogP contribution in [0.3, 0.4) is 0 Å². The molecule has 1 aliphatic rings. The molecule has 8 heteroatoms. The number of aryl methyl sites for hydroxylation is 1. The van der Waals surface area contributed by atoms with Crippen molar-refractivity contribution in [1.82, 2.24) is 9.88 Å². The second-order valence-corrected chi connectivity index (χ2v) is 4.37. The Morgan fingerprint density at radius 1 is 1.42 bits per heavy atom. The van der Waals surface area contributed by atoms with Crippen molar-refractivity contribution >= 4 is 17.6 Å². The van der Waals surface area contributed by atoms with Crippen molar-refractivity contribution < 1.29 is 14.8 Å². The molecule has 0 atom stereocenters. The molecule has 102 valence electrons. The molecule has 2 heterocycles. The minimum absolute atomic E-state index is 0.0382. The zero-order valence-electron chi connectivity index (χ0n) is 10.4. The lowest BCUT2D eigenvalue weighted by Gasteiger charge is -2.33. The average molecular weight is 266 g/mol. The van der Waals surface area contributed by atoms with E-state index in [4.69, 9.17) is 5.11 Å². The van der Waals surface area contributed by atoms with Crippen LogP contribution >= 0.6 is 0 Å². The highest BCUT2D eigenvalue weighted by Crippen LogP contribution is 2.27. The molecular formula is C11H14N4O4. The third-order valence-corrected chi connectivity index (χ3v) is 3.03. The largest absolute Gasteiger partial charge is 0.465 e. The van der Waals surface area contributed by atoms with Crippen LogP contribution in [0.15, 0.2) is 12.3 Å². The maximum atomic E-state index is 11.0. The van der Waals surface area contributed by atoms with Crippen LogP contribution in [0.5, 0.6) is 0 Å². The summed E-state index contributed by atoms with van der Waals surface area (Å²) in [7, 11) is 0. The highest BCUT2D eigenvalue weighted by Gasteiger charge is 2.26. The van der Waals surface area contributed by atoms with Crippen LogP contribution in [0.4, 0.5) is 16.3 Å². The summed E-state index contributed by atoms with van der Waals surface area (Å²) < 4.78 is 0. The molecule has 2 rings (SSSR count). The first-order chi connectivity index (χ1) is 8.99. The van der Waals surface area contributed by atoms with Gasteiger partial charge in [0.2, 0.25) is 5.82 Å². The SMILES string of the molecule is Cc1cnc(N2CCN(C(=O)O)CC2)c([N+](=O)[O-])c1. The zero-order valence-corrected chi connectivity index (χ0v) is 10.4. The monoisotopic (exact) mass is 266 g/mol.